The summed E-state index contributed by atoms with van der Waals surface area (Å²) >= 11 is 12.0. The van der Waals surface area contributed by atoms with Crippen molar-refractivity contribution in [2.75, 3.05) is 11.9 Å². The van der Waals surface area contributed by atoms with Gasteiger partial charge >= 0.3 is 0 Å². The molecule has 1 aromatic carbocycles. The second kappa shape index (κ2) is 6.57. The molecule has 5 nitrogen and oxygen atoms in total. The predicted octanol–water partition coefficient (Wildman–Crippen LogP) is 4.31. The lowest BCUT2D eigenvalue weighted by molar-refractivity contribution is 0.101. The van der Waals surface area contributed by atoms with E-state index < -0.39 is 0 Å². The molecule has 7 heteroatoms. The first kappa shape index (κ1) is 17.0. The van der Waals surface area contributed by atoms with Gasteiger partial charge in [0.15, 0.2) is 0 Å². The van der Waals surface area contributed by atoms with E-state index in [9.17, 15) is 4.79 Å². The Hall–Kier alpha value is -1.85. The fraction of sp³-hybridized carbons (Fsp3) is 0.353. The fourth-order valence-corrected chi connectivity index (χ4v) is 3.13. The maximum Gasteiger partial charge on any atom is 0.272 e. The number of halogens is 2. The van der Waals surface area contributed by atoms with E-state index in [1.54, 1.807) is 13.1 Å². The van der Waals surface area contributed by atoms with E-state index in [4.69, 9.17) is 32.7 Å². The summed E-state index contributed by atoms with van der Waals surface area (Å²) in [6.45, 7) is 4.40. The van der Waals surface area contributed by atoms with Crippen molar-refractivity contribution in [2.45, 2.75) is 26.4 Å². The van der Waals surface area contributed by atoms with Crippen molar-refractivity contribution in [3.05, 3.63) is 39.6 Å². The van der Waals surface area contributed by atoms with Crippen LogP contribution < -0.4 is 14.8 Å². The molecular weight excluding hydrogens is 351 g/mol. The van der Waals surface area contributed by atoms with Crippen molar-refractivity contribution < 1.29 is 14.3 Å². The molecule has 0 aliphatic carbocycles. The Balaban J connectivity index is 1.92. The van der Waals surface area contributed by atoms with E-state index in [1.807, 2.05) is 19.9 Å². The molecule has 0 saturated heterocycles. The summed E-state index contributed by atoms with van der Waals surface area (Å²) in [6, 6.07) is 5.25. The molecule has 1 amide bonds. The van der Waals surface area contributed by atoms with Crippen LogP contribution in [0.1, 0.15) is 29.9 Å². The number of ether oxygens (including phenoxy) is 2. The number of anilines is 1. The molecule has 1 N–H and O–H groups in total. The van der Waals surface area contributed by atoms with Crippen molar-refractivity contribution in [2.24, 2.45) is 7.05 Å². The third-order valence-corrected chi connectivity index (χ3v) is 4.74. The summed E-state index contributed by atoms with van der Waals surface area (Å²) in [7, 11) is 1.68. The smallest absolute Gasteiger partial charge is 0.272 e. The van der Waals surface area contributed by atoms with Crippen molar-refractivity contribution in [1.82, 2.24) is 4.57 Å². The Morgan fingerprint density at radius 2 is 2.17 bits per heavy atom. The van der Waals surface area contributed by atoms with Crippen LogP contribution in [0.2, 0.25) is 10.2 Å². The van der Waals surface area contributed by atoms with Crippen LogP contribution in [0.3, 0.4) is 0 Å². The topological polar surface area (TPSA) is 52.5 Å². The van der Waals surface area contributed by atoms with Gasteiger partial charge in [0, 0.05) is 25.1 Å². The van der Waals surface area contributed by atoms with Crippen molar-refractivity contribution in [1.29, 1.82) is 0 Å². The summed E-state index contributed by atoms with van der Waals surface area (Å²) in [6.07, 6.45) is 0.943. The maximum atomic E-state index is 12.6. The standard InChI is InChI=1S/C17H18Cl2N2O3/c1-4-23-15-6-10-5-9(2)24-14(10)8-12(15)20-17(22)13-7-11(18)16(19)21(13)3/h6-9H,4-5H2,1-3H3,(H,20,22)/t9-/m0/s1. The van der Waals surface area contributed by atoms with Gasteiger partial charge in [-0.15, -0.1) is 0 Å². The van der Waals surface area contributed by atoms with Crippen molar-refractivity contribution in [3.8, 4) is 11.5 Å². The summed E-state index contributed by atoms with van der Waals surface area (Å²) in [5.41, 5.74) is 2.00. The minimum Gasteiger partial charge on any atom is -0.492 e. The Bertz CT molecular complexity index is 802. The number of nitrogens with one attached hydrogen (secondary N) is 1. The lowest BCUT2D eigenvalue weighted by Gasteiger charge is -2.14. The maximum absolute atomic E-state index is 12.6. The van der Waals surface area contributed by atoms with Crippen LogP contribution in [-0.2, 0) is 13.5 Å². The van der Waals surface area contributed by atoms with Crippen LogP contribution >= 0.6 is 23.2 Å². The summed E-state index contributed by atoms with van der Waals surface area (Å²) in [4.78, 5) is 12.6. The number of amides is 1. The Kier molecular flexibility index (Phi) is 4.65. The van der Waals surface area contributed by atoms with E-state index in [0.29, 0.717) is 33.9 Å². The number of fused-ring (bicyclic) bond motifs is 1. The number of benzene rings is 1. The first-order valence-electron chi connectivity index (χ1n) is 7.69. The van der Waals surface area contributed by atoms with Gasteiger partial charge in [0.2, 0.25) is 0 Å². The molecule has 24 heavy (non-hydrogen) atoms. The lowest BCUT2D eigenvalue weighted by Crippen LogP contribution is -2.16. The number of hydrogen-bond acceptors (Lipinski definition) is 3. The van der Waals surface area contributed by atoms with Crippen LogP contribution in [0.15, 0.2) is 18.2 Å². The number of hydrogen-bond donors (Lipinski definition) is 1. The van der Waals surface area contributed by atoms with Crippen molar-refractivity contribution >= 4 is 34.8 Å². The Morgan fingerprint density at radius 3 is 2.79 bits per heavy atom. The number of nitrogens with zero attached hydrogens (tertiary/aromatic N) is 1. The van der Waals surface area contributed by atoms with Gasteiger partial charge in [-0.2, -0.15) is 0 Å². The van der Waals surface area contributed by atoms with Gasteiger partial charge in [0.1, 0.15) is 28.5 Å². The third kappa shape index (κ3) is 3.06. The molecule has 0 fully saturated rings. The van der Waals surface area contributed by atoms with Gasteiger partial charge < -0.3 is 19.4 Å². The quantitative estimate of drug-likeness (QED) is 0.874. The molecule has 2 aromatic rings. The first-order chi connectivity index (χ1) is 11.4. The summed E-state index contributed by atoms with van der Waals surface area (Å²) < 4.78 is 13.0. The van der Waals surface area contributed by atoms with E-state index >= 15 is 0 Å². The molecule has 1 atom stereocenters. The zero-order valence-corrected chi connectivity index (χ0v) is 15.2. The fourth-order valence-electron chi connectivity index (χ4n) is 2.76. The highest BCUT2D eigenvalue weighted by atomic mass is 35.5. The molecule has 0 bridgehead atoms. The highest BCUT2D eigenvalue weighted by Gasteiger charge is 2.23. The summed E-state index contributed by atoms with van der Waals surface area (Å²) in [5.74, 6) is 1.07. The zero-order chi connectivity index (χ0) is 17.4. The summed E-state index contributed by atoms with van der Waals surface area (Å²) in [5, 5.41) is 3.51. The van der Waals surface area contributed by atoms with Crippen LogP contribution in [-0.4, -0.2) is 23.2 Å². The second-order valence-electron chi connectivity index (χ2n) is 5.70. The molecule has 0 saturated carbocycles. The van der Waals surface area contributed by atoms with Gasteiger partial charge in [-0.3, -0.25) is 4.79 Å². The monoisotopic (exact) mass is 368 g/mol. The lowest BCUT2D eigenvalue weighted by atomic mass is 10.1. The second-order valence-corrected chi connectivity index (χ2v) is 6.47. The van der Waals surface area contributed by atoms with Gasteiger partial charge in [-0.25, -0.2) is 0 Å². The highest BCUT2D eigenvalue weighted by Crippen LogP contribution is 2.38. The van der Waals surface area contributed by atoms with Crippen LogP contribution in [0.25, 0.3) is 0 Å². The average molecular weight is 369 g/mol. The number of carbonyl (C=O) groups excluding carboxylic acids is 1. The van der Waals surface area contributed by atoms with E-state index in [-0.39, 0.29) is 12.0 Å². The molecule has 0 unspecified atom stereocenters. The minimum atomic E-state index is -0.321. The molecule has 2 heterocycles. The highest BCUT2D eigenvalue weighted by molar-refractivity contribution is 6.42. The number of carbonyl (C=O) groups is 1. The normalized spacial score (nSPS) is 15.8. The van der Waals surface area contributed by atoms with Crippen molar-refractivity contribution in [3.63, 3.8) is 0 Å². The molecule has 3 rings (SSSR count). The predicted molar refractivity (Wildman–Crippen MR) is 94.8 cm³/mol. The van der Waals surface area contributed by atoms with E-state index in [0.717, 1.165) is 17.7 Å². The molecule has 0 radical (unpaired) electrons. The molecule has 0 spiro atoms. The van der Waals surface area contributed by atoms with E-state index in [1.165, 1.54) is 10.6 Å². The minimum absolute atomic E-state index is 0.117. The number of aromatic nitrogens is 1. The molecular formula is C17H18Cl2N2O3. The molecule has 128 valence electrons. The van der Waals surface area contributed by atoms with E-state index in [2.05, 4.69) is 5.32 Å². The van der Waals surface area contributed by atoms with Gasteiger partial charge in [0.25, 0.3) is 5.91 Å². The molecule has 1 aliphatic heterocycles. The van der Waals surface area contributed by atoms with Crippen LogP contribution in [0, 0.1) is 0 Å². The van der Waals surface area contributed by atoms with Gasteiger partial charge in [0.05, 0.1) is 17.3 Å². The molecule has 1 aromatic heterocycles. The average Bonchev–Trinajstić information content (AvgIpc) is 3.01. The largest absolute Gasteiger partial charge is 0.492 e. The zero-order valence-electron chi connectivity index (χ0n) is 13.7. The van der Waals surface area contributed by atoms with Gasteiger partial charge in [-0.05, 0) is 26.0 Å². The number of rotatable bonds is 4. The van der Waals surface area contributed by atoms with Crippen LogP contribution in [0.4, 0.5) is 5.69 Å². The van der Waals surface area contributed by atoms with Gasteiger partial charge in [-0.1, -0.05) is 23.2 Å². The Morgan fingerprint density at radius 1 is 1.42 bits per heavy atom. The SMILES string of the molecule is CCOc1cc2c(cc1NC(=O)c1cc(Cl)c(Cl)n1C)O[C@@H](C)C2. The molecule has 1 aliphatic rings. The van der Waals surface area contributed by atoms with Crippen LogP contribution in [0.5, 0.6) is 11.5 Å². The third-order valence-electron chi connectivity index (χ3n) is 3.90. The first-order valence-corrected chi connectivity index (χ1v) is 8.44. The Labute approximate surface area is 150 Å².